The van der Waals surface area contributed by atoms with Crippen LogP contribution in [-0.2, 0) is 9.59 Å². The zero-order valence-electron chi connectivity index (χ0n) is 16.2. The van der Waals surface area contributed by atoms with Gasteiger partial charge in [-0.1, -0.05) is 36.4 Å². The highest BCUT2D eigenvalue weighted by Gasteiger charge is 2.33. The molecule has 5 heteroatoms. The third-order valence-corrected chi connectivity index (χ3v) is 5.02. The van der Waals surface area contributed by atoms with Crippen LogP contribution in [0, 0.1) is 0 Å². The van der Waals surface area contributed by atoms with Gasteiger partial charge in [0.05, 0.1) is 7.11 Å². The Balaban J connectivity index is 1.77. The first kappa shape index (κ1) is 19.7. The zero-order chi connectivity index (χ0) is 19.9. The summed E-state index contributed by atoms with van der Waals surface area (Å²) < 4.78 is 5.22. The number of anilines is 1. The Morgan fingerprint density at radius 3 is 2.68 bits per heavy atom. The van der Waals surface area contributed by atoms with Crippen LogP contribution in [0.2, 0.25) is 0 Å². The molecule has 0 aliphatic carbocycles. The van der Waals surface area contributed by atoms with Crippen molar-refractivity contribution in [2.45, 2.75) is 31.7 Å². The van der Waals surface area contributed by atoms with Crippen LogP contribution in [0.25, 0.3) is 11.1 Å². The summed E-state index contributed by atoms with van der Waals surface area (Å²) in [6.45, 7) is 4.29. The Bertz CT molecular complexity index is 845. The van der Waals surface area contributed by atoms with Crippen LogP contribution in [0.15, 0.2) is 61.2 Å². The molecule has 0 aromatic heterocycles. The molecule has 3 rings (SSSR count). The molecular weight excluding hydrogens is 352 g/mol. The molecule has 0 radical (unpaired) electrons. The molecule has 2 aromatic carbocycles. The maximum Gasteiger partial charge on any atom is 0.247 e. The Hall–Kier alpha value is -3.08. The van der Waals surface area contributed by atoms with Crippen molar-refractivity contribution in [1.82, 2.24) is 4.90 Å². The number of methoxy groups -OCH3 is 1. The van der Waals surface area contributed by atoms with Crippen LogP contribution >= 0.6 is 0 Å². The summed E-state index contributed by atoms with van der Waals surface area (Å²) in [7, 11) is 1.63. The summed E-state index contributed by atoms with van der Waals surface area (Å²) in [6.07, 6.45) is 4.29. The molecule has 1 N–H and O–H groups in total. The predicted octanol–water partition coefficient (Wildman–Crippen LogP) is 4.26. The fourth-order valence-electron chi connectivity index (χ4n) is 3.54. The average molecular weight is 378 g/mol. The van der Waals surface area contributed by atoms with Crippen molar-refractivity contribution in [1.29, 1.82) is 0 Å². The van der Waals surface area contributed by atoms with E-state index in [4.69, 9.17) is 4.74 Å². The lowest BCUT2D eigenvalue weighted by Gasteiger charge is -2.24. The summed E-state index contributed by atoms with van der Waals surface area (Å²) in [5.41, 5.74) is 2.66. The van der Waals surface area contributed by atoms with Gasteiger partial charge < -0.3 is 15.0 Å². The predicted molar refractivity (Wildman–Crippen MR) is 111 cm³/mol. The van der Waals surface area contributed by atoms with Crippen molar-refractivity contribution in [3.05, 3.63) is 61.2 Å². The Kier molecular flexibility index (Phi) is 6.48. The zero-order valence-corrected chi connectivity index (χ0v) is 16.2. The largest absolute Gasteiger partial charge is 0.497 e. The van der Waals surface area contributed by atoms with E-state index < -0.39 is 6.04 Å². The first-order valence-corrected chi connectivity index (χ1v) is 9.58. The van der Waals surface area contributed by atoms with Crippen LogP contribution in [0.4, 0.5) is 5.69 Å². The van der Waals surface area contributed by atoms with Crippen LogP contribution in [0.5, 0.6) is 5.75 Å². The van der Waals surface area contributed by atoms with Crippen molar-refractivity contribution >= 4 is 17.5 Å². The van der Waals surface area contributed by atoms with Crippen LogP contribution < -0.4 is 10.1 Å². The first-order chi connectivity index (χ1) is 13.6. The number of carbonyl (C=O) groups excluding carboxylic acids is 2. The molecule has 0 spiro atoms. The molecule has 1 atom stereocenters. The molecule has 146 valence electrons. The number of rotatable bonds is 7. The van der Waals surface area contributed by atoms with Crippen LogP contribution in [0.3, 0.4) is 0 Å². The maximum atomic E-state index is 12.9. The SMILES string of the molecule is C=CCCC(=O)N1CCC[C@@H]1C(=O)Nc1ccccc1-c1ccc(OC)cc1. The van der Waals surface area contributed by atoms with Gasteiger partial charge in [0.15, 0.2) is 0 Å². The van der Waals surface area contributed by atoms with Crippen LogP contribution in [-0.4, -0.2) is 36.4 Å². The number of amides is 2. The van der Waals surface area contributed by atoms with Gasteiger partial charge in [-0.15, -0.1) is 6.58 Å². The molecule has 28 heavy (non-hydrogen) atoms. The fourth-order valence-corrected chi connectivity index (χ4v) is 3.54. The lowest BCUT2D eigenvalue weighted by atomic mass is 10.0. The molecule has 1 aliphatic heterocycles. The number of benzene rings is 2. The van der Waals surface area contributed by atoms with E-state index in [1.54, 1.807) is 18.1 Å². The van der Waals surface area contributed by atoms with E-state index in [2.05, 4.69) is 11.9 Å². The number of nitrogens with zero attached hydrogens (tertiary/aromatic N) is 1. The third-order valence-electron chi connectivity index (χ3n) is 5.02. The van der Waals surface area contributed by atoms with Crippen molar-refractivity contribution in [3.8, 4) is 16.9 Å². The Morgan fingerprint density at radius 2 is 1.96 bits per heavy atom. The summed E-state index contributed by atoms with van der Waals surface area (Å²) in [4.78, 5) is 27.1. The number of ether oxygens (including phenoxy) is 1. The molecule has 5 nitrogen and oxygen atoms in total. The van der Waals surface area contributed by atoms with E-state index in [9.17, 15) is 9.59 Å². The standard InChI is InChI=1S/C23H26N2O3/c1-3-4-11-22(26)25-16-7-10-21(25)23(27)24-20-9-6-5-8-19(20)17-12-14-18(28-2)15-13-17/h3,5-6,8-9,12-15,21H,1,4,7,10-11,16H2,2H3,(H,24,27)/t21-/m1/s1. The van der Waals surface area contributed by atoms with E-state index in [1.807, 2.05) is 48.5 Å². The number of allylic oxidation sites excluding steroid dienone is 1. The van der Waals surface area contributed by atoms with Gasteiger partial charge >= 0.3 is 0 Å². The van der Waals surface area contributed by atoms with Gasteiger partial charge in [0.1, 0.15) is 11.8 Å². The minimum atomic E-state index is -0.416. The average Bonchev–Trinajstić information content (AvgIpc) is 3.23. The molecule has 0 saturated carbocycles. The molecule has 1 heterocycles. The number of hydrogen-bond acceptors (Lipinski definition) is 3. The molecule has 0 unspecified atom stereocenters. The number of carbonyl (C=O) groups is 2. The van der Waals surface area contributed by atoms with E-state index in [-0.39, 0.29) is 11.8 Å². The van der Waals surface area contributed by atoms with Crippen LogP contribution in [0.1, 0.15) is 25.7 Å². The van der Waals surface area contributed by atoms with Gasteiger partial charge in [0.2, 0.25) is 11.8 Å². The lowest BCUT2D eigenvalue weighted by Crippen LogP contribution is -2.43. The van der Waals surface area contributed by atoms with Gasteiger partial charge in [-0.2, -0.15) is 0 Å². The molecule has 1 saturated heterocycles. The fraction of sp³-hybridized carbons (Fsp3) is 0.304. The van der Waals surface area contributed by atoms with Crippen molar-refractivity contribution in [2.24, 2.45) is 0 Å². The second-order valence-electron chi connectivity index (χ2n) is 6.84. The van der Waals surface area contributed by atoms with E-state index in [1.165, 1.54) is 0 Å². The lowest BCUT2D eigenvalue weighted by molar-refractivity contribution is -0.136. The van der Waals surface area contributed by atoms with Crippen molar-refractivity contribution in [3.63, 3.8) is 0 Å². The first-order valence-electron chi connectivity index (χ1n) is 9.58. The molecular formula is C23H26N2O3. The maximum absolute atomic E-state index is 12.9. The molecule has 0 bridgehead atoms. The highest BCUT2D eigenvalue weighted by molar-refractivity contribution is 6.00. The molecule has 1 aliphatic rings. The number of likely N-dealkylation sites (tertiary alicyclic amines) is 1. The summed E-state index contributed by atoms with van der Waals surface area (Å²) in [6, 6.07) is 15.0. The van der Waals surface area contributed by atoms with Gasteiger partial charge in [-0.05, 0) is 43.0 Å². The Labute approximate surface area is 166 Å². The second kappa shape index (κ2) is 9.22. The van der Waals surface area contributed by atoms with Crippen molar-refractivity contribution < 1.29 is 14.3 Å². The summed E-state index contributed by atoms with van der Waals surface area (Å²) in [5, 5.41) is 3.04. The van der Waals surface area contributed by atoms with Gasteiger partial charge in [0, 0.05) is 24.2 Å². The second-order valence-corrected chi connectivity index (χ2v) is 6.84. The number of nitrogens with one attached hydrogen (secondary N) is 1. The third kappa shape index (κ3) is 4.42. The van der Waals surface area contributed by atoms with Gasteiger partial charge in [-0.3, -0.25) is 9.59 Å². The normalized spacial score (nSPS) is 15.9. The monoisotopic (exact) mass is 378 g/mol. The van der Waals surface area contributed by atoms with E-state index in [0.29, 0.717) is 25.8 Å². The molecule has 2 amide bonds. The van der Waals surface area contributed by atoms with Gasteiger partial charge in [0.25, 0.3) is 0 Å². The highest BCUT2D eigenvalue weighted by atomic mass is 16.5. The van der Waals surface area contributed by atoms with Gasteiger partial charge in [-0.25, -0.2) is 0 Å². The highest BCUT2D eigenvalue weighted by Crippen LogP contribution is 2.30. The summed E-state index contributed by atoms with van der Waals surface area (Å²) in [5.74, 6) is 0.663. The van der Waals surface area contributed by atoms with Crippen molar-refractivity contribution in [2.75, 3.05) is 19.0 Å². The molecule has 2 aromatic rings. The smallest absolute Gasteiger partial charge is 0.247 e. The molecule has 1 fully saturated rings. The van der Waals surface area contributed by atoms with E-state index in [0.717, 1.165) is 29.0 Å². The summed E-state index contributed by atoms with van der Waals surface area (Å²) >= 11 is 0. The quantitative estimate of drug-likeness (QED) is 0.733. The topological polar surface area (TPSA) is 58.6 Å². The Morgan fingerprint density at radius 1 is 1.21 bits per heavy atom. The minimum Gasteiger partial charge on any atom is -0.497 e. The number of para-hydroxylation sites is 1. The minimum absolute atomic E-state index is 0.0148. The van der Waals surface area contributed by atoms with E-state index >= 15 is 0 Å². The number of hydrogen-bond donors (Lipinski definition) is 1.